The second kappa shape index (κ2) is 6.44. The van der Waals surface area contributed by atoms with E-state index in [1.807, 2.05) is 12.1 Å². The largest absolute Gasteiger partial charge is 0.384 e. The van der Waals surface area contributed by atoms with Crippen LogP contribution in [0.3, 0.4) is 0 Å². The van der Waals surface area contributed by atoms with Crippen molar-refractivity contribution < 1.29 is 4.74 Å². The van der Waals surface area contributed by atoms with Crippen LogP contribution < -0.4 is 0 Å². The van der Waals surface area contributed by atoms with Crippen molar-refractivity contribution in [2.75, 3.05) is 19.6 Å². The van der Waals surface area contributed by atoms with Gasteiger partial charge >= 0.3 is 0 Å². The van der Waals surface area contributed by atoms with Crippen molar-refractivity contribution in [2.45, 2.75) is 6.42 Å². The van der Waals surface area contributed by atoms with Gasteiger partial charge in [0.2, 0.25) is 0 Å². The maximum atomic E-state index is 5.84. The quantitative estimate of drug-likeness (QED) is 0.749. The van der Waals surface area contributed by atoms with Crippen molar-refractivity contribution >= 4 is 27.5 Å². The van der Waals surface area contributed by atoms with Gasteiger partial charge in [-0.3, -0.25) is 0 Å². The lowest BCUT2D eigenvalue weighted by atomic mass is 10.0. The van der Waals surface area contributed by atoms with Crippen LogP contribution in [0.5, 0.6) is 0 Å². The molecule has 0 heterocycles. The fraction of sp³-hybridized carbons (Fsp3) is 0.455. The van der Waals surface area contributed by atoms with Crippen LogP contribution >= 0.6 is 27.5 Å². The molecule has 78 valence electrons. The van der Waals surface area contributed by atoms with Crippen molar-refractivity contribution in [1.82, 2.24) is 0 Å². The second-order valence-electron chi connectivity index (χ2n) is 3.31. The number of rotatable bonds is 5. The molecule has 1 aromatic carbocycles. The van der Waals surface area contributed by atoms with Gasteiger partial charge in [-0.15, -0.1) is 11.6 Å². The molecule has 0 amide bonds. The first-order valence-electron chi connectivity index (χ1n) is 4.55. The highest BCUT2D eigenvalue weighted by atomic mass is 79.9. The number of alkyl halides is 1. The van der Waals surface area contributed by atoms with Crippen LogP contribution in [-0.4, -0.2) is 19.6 Å². The maximum Gasteiger partial charge on any atom is 0.0505 e. The third-order valence-electron chi connectivity index (χ3n) is 2.06. The summed E-state index contributed by atoms with van der Waals surface area (Å²) in [7, 11) is 1.71. The molecule has 1 aromatic rings. The van der Waals surface area contributed by atoms with Gasteiger partial charge in [0.1, 0.15) is 0 Å². The topological polar surface area (TPSA) is 9.23 Å². The lowest BCUT2D eigenvalue weighted by molar-refractivity contribution is 0.161. The predicted molar refractivity (Wildman–Crippen MR) is 63.9 cm³/mol. The first kappa shape index (κ1) is 12.0. The van der Waals surface area contributed by atoms with Gasteiger partial charge in [-0.25, -0.2) is 0 Å². The standard InChI is InChI=1S/C11H14BrClO/c1-14-8-10(7-13)6-9-2-4-11(12)5-3-9/h2-5,10H,6-8H2,1H3. The normalized spacial score (nSPS) is 12.8. The summed E-state index contributed by atoms with van der Waals surface area (Å²) in [4.78, 5) is 0. The minimum Gasteiger partial charge on any atom is -0.384 e. The monoisotopic (exact) mass is 276 g/mol. The lowest BCUT2D eigenvalue weighted by Crippen LogP contribution is -2.12. The number of hydrogen-bond acceptors (Lipinski definition) is 1. The fourth-order valence-electron chi connectivity index (χ4n) is 1.35. The van der Waals surface area contributed by atoms with Gasteiger partial charge < -0.3 is 4.74 Å². The van der Waals surface area contributed by atoms with E-state index in [9.17, 15) is 0 Å². The van der Waals surface area contributed by atoms with E-state index in [0.717, 1.165) is 17.5 Å². The maximum absolute atomic E-state index is 5.84. The van der Waals surface area contributed by atoms with Gasteiger partial charge in [0.15, 0.2) is 0 Å². The van der Waals surface area contributed by atoms with E-state index in [-0.39, 0.29) is 0 Å². The van der Waals surface area contributed by atoms with Gasteiger partial charge in [-0.05, 0) is 30.0 Å². The molecule has 3 heteroatoms. The molecular formula is C11H14BrClO. The molecule has 0 fully saturated rings. The third-order valence-corrected chi connectivity index (χ3v) is 3.02. The Kier molecular flexibility index (Phi) is 5.53. The van der Waals surface area contributed by atoms with Gasteiger partial charge in [-0.1, -0.05) is 28.1 Å². The van der Waals surface area contributed by atoms with Gasteiger partial charge in [0.05, 0.1) is 6.61 Å². The molecule has 0 N–H and O–H groups in total. The zero-order valence-corrected chi connectivity index (χ0v) is 10.5. The Labute approximate surface area is 98.5 Å². The highest BCUT2D eigenvalue weighted by molar-refractivity contribution is 9.10. The minimum absolute atomic E-state index is 0.405. The zero-order valence-electron chi connectivity index (χ0n) is 8.17. The summed E-state index contributed by atoms with van der Waals surface area (Å²) < 4.78 is 6.20. The van der Waals surface area contributed by atoms with Crippen molar-refractivity contribution in [3.63, 3.8) is 0 Å². The Morgan fingerprint density at radius 2 is 2.00 bits per heavy atom. The summed E-state index contributed by atoms with van der Waals surface area (Å²) in [5.41, 5.74) is 1.30. The van der Waals surface area contributed by atoms with Crippen LogP contribution in [0.4, 0.5) is 0 Å². The third kappa shape index (κ3) is 3.99. The SMILES string of the molecule is COCC(CCl)Cc1ccc(Br)cc1. The van der Waals surface area contributed by atoms with Gasteiger partial charge in [0.25, 0.3) is 0 Å². The van der Waals surface area contributed by atoms with E-state index in [4.69, 9.17) is 16.3 Å². The van der Waals surface area contributed by atoms with Crippen LogP contribution in [-0.2, 0) is 11.2 Å². The average Bonchev–Trinajstić information content (AvgIpc) is 2.20. The first-order chi connectivity index (χ1) is 6.76. The summed E-state index contributed by atoms with van der Waals surface area (Å²) in [5.74, 6) is 1.05. The molecule has 0 spiro atoms. The van der Waals surface area contributed by atoms with E-state index in [1.54, 1.807) is 7.11 Å². The van der Waals surface area contributed by atoms with Crippen molar-refractivity contribution in [1.29, 1.82) is 0 Å². The zero-order chi connectivity index (χ0) is 10.4. The number of hydrogen-bond donors (Lipinski definition) is 0. The van der Waals surface area contributed by atoms with E-state index in [2.05, 4.69) is 28.1 Å². The number of ether oxygens (including phenoxy) is 1. The molecule has 0 saturated carbocycles. The second-order valence-corrected chi connectivity index (χ2v) is 4.53. The van der Waals surface area contributed by atoms with E-state index < -0.39 is 0 Å². The Morgan fingerprint density at radius 3 is 2.50 bits per heavy atom. The summed E-state index contributed by atoms with van der Waals surface area (Å²) in [6.45, 7) is 0.722. The fourth-order valence-corrected chi connectivity index (χ4v) is 1.81. The van der Waals surface area contributed by atoms with Crippen LogP contribution in [0.2, 0.25) is 0 Å². The molecule has 0 aromatic heterocycles. The molecule has 14 heavy (non-hydrogen) atoms. The number of halogens is 2. The molecule has 0 saturated heterocycles. The molecule has 1 nitrogen and oxygen atoms in total. The smallest absolute Gasteiger partial charge is 0.0505 e. The van der Waals surface area contributed by atoms with Crippen LogP contribution in [0.25, 0.3) is 0 Å². The number of methoxy groups -OCH3 is 1. The van der Waals surface area contributed by atoms with Crippen LogP contribution in [0.1, 0.15) is 5.56 Å². The summed E-state index contributed by atoms with van der Waals surface area (Å²) >= 11 is 9.25. The Bertz CT molecular complexity index is 260. The molecule has 0 aliphatic heterocycles. The predicted octanol–water partition coefficient (Wildman–Crippen LogP) is 3.49. The van der Waals surface area contributed by atoms with Crippen molar-refractivity contribution in [3.8, 4) is 0 Å². The Balaban J connectivity index is 2.53. The molecule has 0 aliphatic carbocycles. The minimum atomic E-state index is 0.405. The van der Waals surface area contributed by atoms with Gasteiger partial charge in [-0.2, -0.15) is 0 Å². The van der Waals surface area contributed by atoms with E-state index >= 15 is 0 Å². The van der Waals surface area contributed by atoms with E-state index in [0.29, 0.717) is 11.8 Å². The summed E-state index contributed by atoms with van der Waals surface area (Å²) in [5, 5.41) is 0. The molecule has 0 radical (unpaired) electrons. The molecule has 1 unspecified atom stereocenters. The average molecular weight is 278 g/mol. The van der Waals surface area contributed by atoms with Gasteiger partial charge in [0, 0.05) is 17.5 Å². The molecule has 1 atom stereocenters. The highest BCUT2D eigenvalue weighted by Gasteiger charge is 2.07. The molecular weight excluding hydrogens is 263 g/mol. The van der Waals surface area contributed by atoms with Crippen molar-refractivity contribution in [2.24, 2.45) is 5.92 Å². The lowest BCUT2D eigenvalue weighted by Gasteiger charge is -2.12. The Morgan fingerprint density at radius 1 is 1.36 bits per heavy atom. The number of benzene rings is 1. The summed E-state index contributed by atoms with van der Waals surface area (Å²) in [6.07, 6.45) is 0.977. The van der Waals surface area contributed by atoms with Crippen molar-refractivity contribution in [3.05, 3.63) is 34.3 Å². The summed E-state index contributed by atoms with van der Waals surface area (Å²) in [6, 6.07) is 8.32. The van der Waals surface area contributed by atoms with Crippen LogP contribution in [0, 0.1) is 5.92 Å². The van der Waals surface area contributed by atoms with E-state index in [1.165, 1.54) is 5.56 Å². The first-order valence-corrected chi connectivity index (χ1v) is 5.88. The molecule has 0 bridgehead atoms. The molecule has 0 aliphatic rings. The van der Waals surface area contributed by atoms with Crippen LogP contribution in [0.15, 0.2) is 28.7 Å². The highest BCUT2D eigenvalue weighted by Crippen LogP contribution is 2.15. The molecule has 1 rings (SSSR count). The Hall–Kier alpha value is -0.0500.